The first kappa shape index (κ1) is 9.32. The Labute approximate surface area is 102 Å². The molecule has 0 radical (unpaired) electrons. The Morgan fingerprint density at radius 1 is 1.65 bits per heavy atom. The van der Waals surface area contributed by atoms with Crippen LogP contribution in [0.1, 0.15) is 16.6 Å². The number of amides is 2. The molecular formula is C11H15FN4O. The number of rotatable bonds is 2. The number of likely N-dealkylation sites (N-methyl/N-ethyl adjacent to an activating group) is 1. The molecule has 92 valence electrons. The molecule has 1 saturated heterocycles. The van der Waals surface area contributed by atoms with Gasteiger partial charge in [0.05, 0.1) is 8.78 Å². The molecule has 0 aliphatic carbocycles. The number of hydrogen-bond donors (Lipinski definition) is 0. The van der Waals surface area contributed by atoms with Crippen molar-refractivity contribution >= 4 is 11.8 Å². The van der Waals surface area contributed by atoms with Crippen molar-refractivity contribution < 1.29 is 11.9 Å². The number of aromatic nitrogens is 2. The predicted octanol–water partition coefficient (Wildman–Crippen LogP) is 1.51. The van der Waals surface area contributed by atoms with Gasteiger partial charge >= 0.3 is 12.1 Å². The van der Waals surface area contributed by atoms with Gasteiger partial charge in [-0.25, -0.2) is 9.78 Å². The van der Waals surface area contributed by atoms with Gasteiger partial charge in [-0.3, -0.25) is 4.90 Å². The molecule has 0 N–H and O–H groups in total. The lowest BCUT2D eigenvalue weighted by Gasteiger charge is -2.24. The molecule has 0 saturated carbocycles. The fraction of sp³-hybridized carbons (Fsp3) is 0.545. The van der Waals surface area contributed by atoms with Crippen LogP contribution >= 0.6 is 0 Å². The first-order valence-electron chi connectivity index (χ1n) is 6.32. The molecular weight excluding hydrogens is 223 g/mol. The number of carbonyl (C=O) groups excluding carboxylic acids is 1. The summed E-state index contributed by atoms with van der Waals surface area (Å²) >= 11 is 0. The van der Waals surface area contributed by atoms with E-state index in [4.69, 9.17) is 2.74 Å². The van der Waals surface area contributed by atoms with E-state index in [-0.39, 0.29) is 11.7 Å². The van der Waals surface area contributed by atoms with Crippen LogP contribution in [0.5, 0.6) is 0 Å². The SMILES string of the molecule is [2H]C1([2H])C(C(C)C)N(c2ccnc(F)n2)C(=O)N1C. The standard InChI is InChI=1S/C11H15FN4O/c1-7(2)8-6-15(3)11(17)16(8)9-4-5-13-10(12)14-9/h4-5,7-8H,6H2,1-3H3/i6D2. The van der Waals surface area contributed by atoms with Crippen LogP contribution in [0.25, 0.3) is 0 Å². The summed E-state index contributed by atoms with van der Waals surface area (Å²) in [5.41, 5.74) is 0. The minimum Gasteiger partial charge on any atom is -0.325 e. The quantitative estimate of drug-likeness (QED) is 0.736. The number of urea groups is 1. The maximum absolute atomic E-state index is 13.1. The molecule has 2 heterocycles. The zero-order chi connectivity index (χ0) is 14.4. The van der Waals surface area contributed by atoms with Gasteiger partial charge in [0.15, 0.2) is 0 Å². The first-order valence-corrected chi connectivity index (χ1v) is 5.32. The minimum atomic E-state index is -1.84. The van der Waals surface area contributed by atoms with Gasteiger partial charge < -0.3 is 4.90 Å². The summed E-state index contributed by atoms with van der Waals surface area (Å²) in [5, 5.41) is 0. The van der Waals surface area contributed by atoms with Crippen LogP contribution in [0.4, 0.5) is 15.0 Å². The molecule has 2 amide bonds. The largest absolute Gasteiger partial charge is 0.325 e. The van der Waals surface area contributed by atoms with Crippen molar-refractivity contribution in [1.82, 2.24) is 14.9 Å². The second kappa shape index (κ2) is 4.27. The number of anilines is 1. The second-order valence-corrected chi connectivity index (χ2v) is 4.21. The highest BCUT2D eigenvalue weighted by molar-refractivity contribution is 5.93. The van der Waals surface area contributed by atoms with Crippen molar-refractivity contribution in [3.05, 3.63) is 18.3 Å². The highest BCUT2D eigenvalue weighted by Gasteiger charge is 2.38. The number of halogens is 1. The maximum Gasteiger partial charge on any atom is 0.325 e. The van der Waals surface area contributed by atoms with Crippen LogP contribution in [0.15, 0.2) is 12.3 Å². The Morgan fingerprint density at radius 2 is 2.35 bits per heavy atom. The summed E-state index contributed by atoms with van der Waals surface area (Å²) in [6, 6.07) is 0.118. The predicted molar refractivity (Wildman–Crippen MR) is 61.1 cm³/mol. The van der Waals surface area contributed by atoms with Crippen LogP contribution in [-0.2, 0) is 0 Å². The molecule has 1 aromatic heterocycles. The van der Waals surface area contributed by atoms with Crippen molar-refractivity contribution in [2.24, 2.45) is 5.92 Å². The van der Waals surface area contributed by atoms with E-state index in [1.807, 2.05) is 0 Å². The lowest BCUT2D eigenvalue weighted by atomic mass is 10.0. The minimum absolute atomic E-state index is 0.0735. The van der Waals surface area contributed by atoms with Crippen molar-refractivity contribution in [1.29, 1.82) is 0 Å². The third kappa shape index (κ3) is 2.07. The summed E-state index contributed by atoms with van der Waals surface area (Å²) in [5.74, 6) is -0.0775. The average Bonchev–Trinajstić information content (AvgIpc) is 2.49. The molecule has 0 spiro atoms. The fourth-order valence-corrected chi connectivity index (χ4v) is 1.74. The van der Waals surface area contributed by atoms with E-state index in [9.17, 15) is 9.18 Å². The molecule has 6 heteroatoms. The molecule has 1 atom stereocenters. The number of carbonyl (C=O) groups is 1. The molecule has 1 aliphatic rings. The summed E-state index contributed by atoms with van der Waals surface area (Å²) in [6.07, 6.45) is 0.263. The fourth-order valence-electron chi connectivity index (χ4n) is 1.74. The van der Waals surface area contributed by atoms with Crippen LogP contribution < -0.4 is 4.90 Å². The number of nitrogens with zero attached hydrogens (tertiary/aromatic N) is 4. The zero-order valence-corrected chi connectivity index (χ0v) is 9.88. The lowest BCUT2D eigenvalue weighted by molar-refractivity contribution is 0.229. The molecule has 5 nitrogen and oxygen atoms in total. The molecule has 1 unspecified atom stereocenters. The normalized spacial score (nSPS) is 25.2. The highest BCUT2D eigenvalue weighted by atomic mass is 19.1. The van der Waals surface area contributed by atoms with Crippen molar-refractivity contribution in [2.75, 3.05) is 18.4 Å². The van der Waals surface area contributed by atoms with Gasteiger partial charge in [0.1, 0.15) is 5.82 Å². The first-order chi connectivity index (χ1) is 8.76. The van der Waals surface area contributed by atoms with E-state index in [2.05, 4.69) is 9.97 Å². The topological polar surface area (TPSA) is 49.3 Å². The second-order valence-electron chi connectivity index (χ2n) is 4.21. The maximum atomic E-state index is 13.1. The van der Waals surface area contributed by atoms with Crippen LogP contribution in [0.3, 0.4) is 0 Å². The van der Waals surface area contributed by atoms with Crippen LogP contribution in [0, 0.1) is 12.0 Å². The van der Waals surface area contributed by atoms with Crippen molar-refractivity contribution in [3.63, 3.8) is 0 Å². The molecule has 0 bridgehead atoms. The van der Waals surface area contributed by atoms with Gasteiger partial charge in [-0.15, -0.1) is 0 Å². The van der Waals surface area contributed by atoms with Gasteiger partial charge in [-0.2, -0.15) is 9.37 Å². The van der Waals surface area contributed by atoms with E-state index >= 15 is 0 Å². The van der Waals surface area contributed by atoms with E-state index < -0.39 is 24.6 Å². The van der Waals surface area contributed by atoms with Crippen molar-refractivity contribution in [3.8, 4) is 0 Å². The van der Waals surface area contributed by atoms with E-state index in [1.54, 1.807) is 13.8 Å². The molecule has 0 aromatic carbocycles. The van der Waals surface area contributed by atoms with Gasteiger partial charge in [0.25, 0.3) is 0 Å². The van der Waals surface area contributed by atoms with Gasteiger partial charge in [-0.05, 0) is 12.0 Å². The summed E-state index contributed by atoms with van der Waals surface area (Å²) in [6.45, 7) is 1.77. The Kier molecular flexibility index (Phi) is 2.34. The van der Waals surface area contributed by atoms with E-state index in [0.717, 1.165) is 4.90 Å². The average molecular weight is 240 g/mol. The van der Waals surface area contributed by atoms with Crippen LogP contribution in [-0.4, -0.2) is 40.5 Å². The Hall–Kier alpha value is -1.72. The summed E-state index contributed by atoms with van der Waals surface area (Å²) in [4.78, 5) is 21.3. The van der Waals surface area contributed by atoms with Gasteiger partial charge in [-0.1, -0.05) is 13.8 Å². The monoisotopic (exact) mass is 240 g/mol. The van der Waals surface area contributed by atoms with Gasteiger partial charge in [0.2, 0.25) is 0 Å². The zero-order valence-electron chi connectivity index (χ0n) is 11.9. The molecule has 17 heavy (non-hydrogen) atoms. The third-order valence-electron chi connectivity index (χ3n) is 2.59. The summed E-state index contributed by atoms with van der Waals surface area (Å²) < 4.78 is 29.2. The lowest BCUT2D eigenvalue weighted by Crippen LogP contribution is -2.38. The Bertz CT molecular complexity index is 511. The van der Waals surface area contributed by atoms with E-state index in [1.165, 1.54) is 24.2 Å². The highest BCUT2D eigenvalue weighted by Crippen LogP contribution is 2.26. The Morgan fingerprint density at radius 3 is 2.94 bits per heavy atom. The van der Waals surface area contributed by atoms with Gasteiger partial charge in [0, 0.05) is 19.7 Å². The smallest absolute Gasteiger partial charge is 0.325 e. The number of hydrogen-bond acceptors (Lipinski definition) is 3. The van der Waals surface area contributed by atoms with Crippen molar-refractivity contribution in [2.45, 2.75) is 19.9 Å². The molecule has 2 rings (SSSR count). The molecule has 1 aromatic rings. The third-order valence-corrected chi connectivity index (χ3v) is 2.59. The summed E-state index contributed by atoms with van der Waals surface area (Å²) in [7, 11) is 1.38. The van der Waals surface area contributed by atoms with Crippen LogP contribution in [0.2, 0.25) is 0 Å². The Balaban J connectivity index is 2.51. The molecule has 1 aliphatic heterocycles. The molecule has 1 fully saturated rings. The van der Waals surface area contributed by atoms with E-state index in [0.29, 0.717) is 0 Å².